The SMILES string of the molecule is COc1cc2ncnc(Nc3cccc4sc(CCC(=O)O)cc34)c2cc1OCCCN1CCC(C)CC1. The van der Waals surface area contributed by atoms with Crippen molar-refractivity contribution in [2.75, 3.05) is 38.7 Å². The monoisotopic (exact) mass is 534 g/mol. The number of nitrogens with one attached hydrogen (secondary N) is 1. The summed E-state index contributed by atoms with van der Waals surface area (Å²) in [6.45, 7) is 6.32. The van der Waals surface area contributed by atoms with Crippen molar-refractivity contribution in [3.63, 3.8) is 0 Å². The number of aryl methyl sites for hydroxylation is 1. The summed E-state index contributed by atoms with van der Waals surface area (Å²) in [7, 11) is 1.64. The Morgan fingerprint density at radius 2 is 2.00 bits per heavy atom. The molecule has 0 spiro atoms. The number of hydrogen-bond donors (Lipinski definition) is 2. The highest BCUT2D eigenvalue weighted by molar-refractivity contribution is 7.19. The molecule has 0 unspecified atom stereocenters. The van der Waals surface area contributed by atoms with Gasteiger partial charge in [-0.15, -0.1) is 11.3 Å². The largest absolute Gasteiger partial charge is 0.493 e. The van der Waals surface area contributed by atoms with Gasteiger partial charge in [-0.3, -0.25) is 4.79 Å². The van der Waals surface area contributed by atoms with Gasteiger partial charge in [0.25, 0.3) is 0 Å². The van der Waals surface area contributed by atoms with Crippen LogP contribution in [0, 0.1) is 5.92 Å². The van der Waals surface area contributed by atoms with E-state index in [-0.39, 0.29) is 6.42 Å². The number of ether oxygens (including phenoxy) is 2. The lowest BCUT2D eigenvalue weighted by Crippen LogP contribution is -2.34. The van der Waals surface area contributed by atoms with Crippen molar-refractivity contribution < 1.29 is 19.4 Å². The molecule has 1 fully saturated rings. The second-order valence-electron chi connectivity index (χ2n) is 9.92. The van der Waals surface area contributed by atoms with Crippen molar-refractivity contribution >= 4 is 49.8 Å². The zero-order chi connectivity index (χ0) is 26.5. The van der Waals surface area contributed by atoms with Crippen molar-refractivity contribution in [2.24, 2.45) is 5.92 Å². The number of anilines is 2. The van der Waals surface area contributed by atoms with Crippen LogP contribution in [-0.2, 0) is 11.2 Å². The van der Waals surface area contributed by atoms with Crippen molar-refractivity contribution in [3.8, 4) is 11.5 Å². The second-order valence-corrected chi connectivity index (χ2v) is 11.1. The third-order valence-corrected chi connectivity index (χ3v) is 8.28. The molecular weight excluding hydrogens is 500 g/mol. The maximum absolute atomic E-state index is 11.0. The Morgan fingerprint density at radius 1 is 1.16 bits per heavy atom. The van der Waals surface area contributed by atoms with E-state index in [1.807, 2.05) is 24.3 Å². The van der Waals surface area contributed by atoms with Gasteiger partial charge in [-0.1, -0.05) is 13.0 Å². The topological polar surface area (TPSA) is 96.8 Å². The fourth-order valence-electron chi connectivity index (χ4n) is 4.90. The maximum atomic E-state index is 11.0. The first-order chi connectivity index (χ1) is 18.5. The third-order valence-electron chi connectivity index (χ3n) is 7.12. The van der Waals surface area contributed by atoms with E-state index in [1.165, 1.54) is 32.3 Å². The van der Waals surface area contributed by atoms with Gasteiger partial charge in [0, 0.05) is 38.6 Å². The Kier molecular flexibility index (Phi) is 8.24. The number of hydrogen-bond acceptors (Lipinski definition) is 8. The first-order valence-electron chi connectivity index (χ1n) is 13.2. The van der Waals surface area contributed by atoms with Crippen LogP contribution in [0.4, 0.5) is 11.5 Å². The van der Waals surface area contributed by atoms with Crippen LogP contribution in [0.5, 0.6) is 11.5 Å². The molecule has 0 amide bonds. The highest BCUT2D eigenvalue weighted by Gasteiger charge is 2.16. The predicted octanol–water partition coefficient (Wildman–Crippen LogP) is 6.11. The fraction of sp³-hybridized carbons (Fsp3) is 0.414. The molecule has 2 aromatic heterocycles. The molecule has 1 saturated heterocycles. The highest BCUT2D eigenvalue weighted by atomic mass is 32.1. The van der Waals surface area contributed by atoms with E-state index in [0.717, 1.165) is 50.4 Å². The van der Waals surface area contributed by atoms with Gasteiger partial charge >= 0.3 is 5.97 Å². The van der Waals surface area contributed by atoms with Gasteiger partial charge in [0.1, 0.15) is 12.1 Å². The molecule has 1 aliphatic heterocycles. The Bertz CT molecular complexity index is 1410. The van der Waals surface area contributed by atoms with Crippen LogP contribution in [0.3, 0.4) is 0 Å². The summed E-state index contributed by atoms with van der Waals surface area (Å²) in [6, 6.07) is 12.0. The summed E-state index contributed by atoms with van der Waals surface area (Å²) >= 11 is 1.62. The predicted molar refractivity (Wildman–Crippen MR) is 152 cm³/mol. The van der Waals surface area contributed by atoms with Crippen LogP contribution >= 0.6 is 11.3 Å². The third kappa shape index (κ3) is 6.16. The van der Waals surface area contributed by atoms with Gasteiger partial charge < -0.3 is 24.8 Å². The summed E-state index contributed by atoms with van der Waals surface area (Å²) in [5.41, 5.74) is 1.67. The number of piperidine rings is 1. The first-order valence-corrected chi connectivity index (χ1v) is 14.0. The number of aliphatic carboxylic acids is 1. The lowest BCUT2D eigenvalue weighted by molar-refractivity contribution is -0.136. The van der Waals surface area contributed by atoms with Gasteiger partial charge in [0.2, 0.25) is 0 Å². The maximum Gasteiger partial charge on any atom is 0.303 e. The van der Waals surface area contributed by atoms with E-state index < -0.39 is 5.97 Å². The van der Waals surface area contributed by atoms with Gasteiger partial charge in [0.15, 0.2) is 11.5 Å². The molecule has 0 radical (unpaired) electrons. The molecule has 9 heteroatoms. The Balaban J connectivity index is 1.34. The van der Waals surface area contributed by atoms with Gasteiger partial charge in [-0.2, -0.15) is 0 Å². The molecule has 4 aromatic rings. The van der Waals surface area contributed by atoms with Gasteiger partial charge in [-0.25, -0.2) is 9.97 Å². The molecule has 200 valence electrons. The van der Waals surface area contributed by atoms with Crippen LogP contribution in [0.15, 0.2) is 42.7 Å². The van der Waals surface area contributed by atoms with E-state index in [1.54, 1.807) is 18.4 Å². The average molecular weight is 535 g/mol. The van der Waals surface area contributed by atoms with Crippen LogP contribution in [0.2, 0.25) is 0 Å². The molecule has 5 rings (SSSR count). The quantitative estimate of drug-likeness (QED) is 0.222. The average Bonchev–Trinajstić information content (AvgIpc) is 3.35. The minimum absolute atomic E-state index is 0.119. The Morgan fingerprint density at radius 3 is 2.79 bits per heavy atom. The van der Waals surface area contributed by atoms with E-state index >= 15 is 0 Å². The standard InChI is InChI=1S/C29H34N4O4S/c1-19-9-12-33(13-10-19)11-4-14-37-26-16-22-24(17-25(26)36-2)30-18-31-29(22)32-23-5-3-6-27-21(23)15-20(38-27)7-8-28(34)35/h3,5-6,15-19H,4,7-14H2,1-2H3,(H,34,35)(H,30,31,32). The lowest BCUT2D eigenvalue weighted by Gasteiger charge is -2.30. The molecular formula is C29H34N4O4S. The summed E-state index contributed by atoms with van der Waals surface area (Å²) in [5.74, 6) is 2.05. The number of fused-ring (bicyclic) bond motifs is 2. The number of nitrogens with zero attached hydrogens (tertiary/aromatic N) is 3. The van der Waals surface area contributed by atoms with E-state index in [4.69, 9.17) is 14.6 Å². The number of methoxy groups -OCH3 is 1. The molecule has 0 aliphatic carbocycles. The summed E-state index contributed by atoms with van der Waals surface area (Å²) < 4.78 is 12.9. The lowest BCUT2D eigenvalue weighted by atomic mass is 9.99. The zero-order valence-corrected chi connectivity index (χ0v) is 22.7. The van der Waals surface area contributed by atoms with E-state index in [0.29, 0.717) is 30.3 Å². The van der Waals surface area contributed by atoms with E-state index in [9.17, 15) is 4.79 Å². The number of aromatic nitrogens is 2. The van der Waals surface area contributed by atoms with Crippen LogP contribution in [-0.4, -0.2) is 59.3 Å². The van der Waals surface area contributed by atoms with Crippen molar-refractivity contribution in [3.05, 3.63) is 47.6 Å². The Labute approximate surface area is 226 Å². The zero-order valence-electron chi connectivity index (χ0n) is 21.9. The summed E-state index contributed by atoms with van der Waals surface area (Å²) in [6.07, 6.45) is 5.68. The van der Waals surface area contributed by atoms with Crippen molar-refractivity contribution in [1.82, 2.24) is 14.9 Å². The molecule has 0 atom stereocenters. The molecule has 0 bridgehead atoms. The van der Waals surface area contributed by atoms with Crippen molar-refractivity contribution in [1.29, 1.82) is 0 Å². The summed E-state index contributed by atoms with van der Waals surface area (Å²) in [4.78, 5) is 23.6. The number of likely N-dealkylation sites (tertiary alicyclic amines) is 1. The first kappa shape index (κ1) is 26.2. The van der Waals surface area contributed by atoms with E-state index in [2.05, 4.69) is 39.2 Å². The van der Waals surface area contributed by atoms with Gasteiger partial charge in [-0.05, 0) is 69.0 Å². The number of carboxylic acids is 1. The van der Waals surface area contributed by atoms with Crippen molar-refractivity contribution in [2.45, 2.75) is 39.0 Å². The molecule has 2 aromatic carbocycles. The van der Waals surface area contributed by atoms with Crippen LogP contribution in [0.25, 0.3) is 21.0 Å². The Hall–Kier alpha value is -3.43. The molecule has 2 N–H and O–H groups in total. The van der Waals surface area contributed by atoms with Gasteiger partial charge in [0.05, 0.1) is 25.7 Å². The minimum atomic E-state index is -0.789. The number of rotatable bonds is 11. The highest BCUT2D eigenvalue weighted by Crippen LogP contribution is 2.37. The fourth-order valence-corrected chi connectivity index (χ4v) is 5.98. The van der Waals surface area contributed by atoms with Crippen LogP contribution < -0.4 is 14.8 Å². The smallest absolute Gasteiger partial charge is 0.303 e. The molecule has 0 saturated carbocycles. The number of carboxylic acid groups (broad SMARTS) is 1. The summed E-state index contributed by atoms with van der Waals surface area (Å²) in [5, 5.41) is 14.4. The molecule has 3 heterocycles. The number of thiophene rings is 1. The van der Waals surface area contributed by atoms with Crippen LogP contribution in [0.1, 0.15) is 37.5 Å². The minimum Gasteiger partial charge on any atom is -0.493 e. The second kappa shape index (κ2) is 12.0. The molecule has 8 nitrogen and oxygen atoms in total. The normalized spacial score (nSPS) is 14.7. The number of benzene rings is 2. The number of carbonyl (C=O) groups is 1. The molecule has 1 aliphatic rings. The molecule has 38 heavy (non-hydrogen) atoms.